The van der Waals surface area contributed by atoms with E-state index in [1.807, 2.05) is 17.0 Å². The van der Waals surface area contributed by atoms with E-state index in [9.17, 15) is 4.79 Å². The molecule has 1 amide bonds. The van der Waals surface area contributed by atoms with E-state index >= 15 is 0 Å². The van der Waals surface area contributed by atoms with E-state index in [-0.39, 0.29) is 5.91 Å². The second-order valence-electron chi connectivity index (χ2n) is 4.49. The van der Waals surface area contributed by atoms with Gasteiger partial charge in [-0.1, -0.05) is 0 Å². The van der Waals surface area contributed by atoms with Gasteiger partial charge in [-0.15, -0.1) is 0 Å². The molecule has 2 N–H and O–H groups in total. The Balaban J connectivity index is 2.18. The maximum absolute atomic E-state index is 12.4. The third-order valence-electron chi connectivity index (χ3n) is 3.31. The van der Waals surface area contributed by atoms with Crippen LogP contribution in [0.4, 0.5) is 0 Å². The average Bonchev–Trinajstić information content (AvgIpc) is 2.87. The Morgan fingerprint density at radius 2 is 2.39 bits per heavy atom. The fourth-order valence-electron chi connectivity index (χ4n) is 2.18. The highest BCUT2D eigenvalue weighted by Gasteiger charge is 2.27. The molecule has 1 heterocycles. The van der Waals surface area contributed by atoms with Crippen LogP contribution in [-0.4, -0.2) is 37.6 Å². The molecule has 4 nitrogen and oxygen atoms in total. The Hall–Kier alpha value is -1.07. The molecule has 1 aliphatic rings. The number of carbonyl (C=O) groups excluding carboxylic acids is 1. The summed E-state index contributed by atoms with van der Waals surface area (Å²) in [5.74, 6) is 1.16. The zero-order chi connectivity index (χ0) is 13.1. The molecule has 18 heavy (non-hydrogen) atoms. The van der Waals surface area contributed by atoms with Crippen LogP contribution in [0.1, 0.15) is 16.8 Å². The smallest absolute Gasteiger partial charge is 0.255 e. The van der Waals surface area contributed by atoms with Gasteiger partial charge in [-0.3, -0.25) is 4.79 Å². The monoisotopic (exact) mass is 312 g/mol. The average molecular weight is 313 g/mol. The molecule has 1 atom stereocenters. The number of hydrogen-bond donors (Lipinski definition) is 1. The summed E-state index contributed by atoms with van der Waals surface area (Å²) in [6.45, 7) is 2.17. The minimum absolute atomic E-state index is 0.0386. The van der Waals surface area contributed by atoms with Crippen molar-refractivity contribution in [2.24, 2.45) is 11.7 Å². The summed E-state index contributed by atoms with van der Waals surface area (Å²) in [6, 6.07) is 5.43. The van der Waals surface area contributed by atoms with E-state index in [0.717, 1.165) is 24.0 Å². The molecule has 2 rings (SSSR count). The number of hydrogen-bond acceptors (Lipinski definition) is 3. The van der Waals surface area contributed by atoms with Crippen molar-refractivity contribution < 1.29 is 9.53 Å². The lowest BCUT2D eigenvalue weighted by atomic mass is 10.1. The van der Waals surface area contributed by atoms with Crippen molar-refractivity contribution in [2.45, 2.75) is 6.42 Å². The molecular weight excluding hydrogens is 296 g/mol. The van der Waals surface area contributed by atoms with Crippen LogP contribution < -0.4 is 10.5 Å². The van der Waals surface area contributed by atoms with Gasteiger partial charge in [0.15, 0.2) is 0 Å². The molecule has 0 saturated carbocycles. The molecule has 1 fully saturated rings. The highest BCUT2D eigenvalue weighted by atomic mass is 79.9. The van der Waals surface area contributed by atoms with E-state index < -0.39 is 0 Å². The van der Waals surface area contributed by atoms with Crippen molar-refractivity contribution >= 4 is 21.8 Å². The maximum Gasteiger partial charge on any atom is 0.255 e. The van der Waals surface area contributed by atoms with Gasteiger partial charge >= 0.3 is 0 Å². The first-order valence-electron chi connectivity index (χ1n) is 5.98. The largest absolute Gasteiger partial charge is 0.497 e. The predicted molar refractivity (Wildman–Crippen MR) is 73.8 cm³/mol. The zero-order valence-corrected chi connectivity index (χ0v) is 11.9. The Bertz CT molecular complexity index is 451. The Morgan fingerprint density at radius 1 is 1.61 bits per heavy atom. The predicted octanol–water partition coefficient (Wildman–Crippen LogP) is 1.88. The van der Waals surface area contributed by atoms with Crippen LogP contribution in [0.25, 0.3) is 0 Å². The van der Waals surface area contributed by atoms with Crippen LogP contribution in [-0.2, 0) is 0 Å². The van der Waals surface area contributed by atoms with Crippen molar-refractivity contribution in [3.05, 3.63) is 28.2 Å². The summed E-state index contributed by atoms with van der Waals surface area (Å²) in [5.41, 5.74) is 6.29. The second kappa shape index (κ2) is 5.71. The van der Waals surface area contributed by atoms with Crippen molar-refractivity contribution in [3.8, 4) is 5.75 Å². The zero-order valence-electron chi connectivity index (χ0n) is 10.4. The van der Waals surface area contributed by atoms with Gasteiger partial charge in [0.2, 0.25) is 0 Å². The van der Waals surface area contributed by atoms with Crippen LogP contribution in [0, 0.1) is 5.92 Å². The highest BCUT2D eigenvalue weighted by Crippen LogP contribution is 2.26. The lowest BCUT2D eigenvalue weighted by Crippen LogP contribution is -2.30. The van der Waals surface area contributed by atoms with Crippen LogP contribution >= 0.6 is 15.9 Å². The van der Waals surface area contributed by atoms with Crippen molar-refractivity contribution in [2.75, 3.05) is 26.7 Å². The van der Waals surface area contributed by atoms with Gasteiger partial charge in [0.1, 0.15) is 5.75 Å². The lowest BCUT2D eigenvalue weighted by molar-refractivity contribution is 0.0786. The molecule has 5 heteroatoms. The fourth-order valence-corrected chi connectivity index (χ4v) is 2.59. The standard InChI is InChI=1S/C13H17BrN2O2/c1-18-10-2-3-12(14)11(6-10)13(17)16-5-4-9(7-15)8-16/h2-3,6,9H,4-5,7-8,15H2,1H3. The number of benzene rings is 1. The van der Waals surface area contributed by atoms with Crippen molar-refractivity contribution in [1.29, 1.82) is 0 Å². The van der Waals surface area contributed by atoms with E-state index in [0.29, 0.717) is 23.8 Å². The minimum Gasteiger partial charge on any atom is -0.497 e. The molecule has 1 aromatic rings. The fraction of sp³-hybridized carbons (Fsp3) is 0.462. The molecule has 0 spiro atoms. The topological polar surface area (TPSA) is 55.6 Å². The number of carbonyl (C=O) groups is 1. The molecule has 1 saturated heterocycles. The molecule has 98 valence electrons. The summed E-state index contributed by atoms with van der Waals surface area (Å²) < 4.78 is 5.95. The number of rotatable bonds is 3. The normalized spacial score (nSPS) is 19.1. The quantitative estimate of drug-likeness (QED) is 0.927. The van der Waals surface area contributed by atoms with Gasteiger partial charge in [-0.25, -0.2) is 0 Å². The Kier molecular flexibility index (Phi) is 4.24. The number of ether oxygens (including phenoxy) is 1. The van der Waals surface area contributed by atoms with Gasteiger partial charge in [-0.2, -0.15) is 0 Å². The number of likely N-dealkylation sites (tertiary alicyclic amines) is 1. The van der Waals surface area contributed by atoms with Crippen LogP contribution in [0.2, 0.25) is 0 Å². The van der Waals surface area contributed by atoms with Crippen LogP contribution in [0.3, 0.4) is 0 Å². The maximum atomic E-state index is 12.4. The molecule has 1 unspecified atom stereocenters. The summed E-state index contributed by atoms with van der Waals surface area (Å²) in [5, 5.41) is 0. The third kappa shape index (κ3) is 2.67. The minimum atomic E-state index is 0.0386. The van der Waals surface area contributed by atoms with E-state index in [1.165, 1.54) is 0 Å². The Morgan fingerprint density at radius 3 is 3.00 bits per heavy atom. The van der Waals surface area contributed by atoms with Crippen molar-refractivity contribution in [1.82, 2.24) is 4.90 Å². The second-order valence-corrected chi connectivity index (χ2v) is 5.34. The van der Waals surface area contributed by atoms with Crippen LogP contribution in [0.15, 0.2) is 22.7 Å². The first-order chi connectivity index (χ1) is 8.65. The summed E-state index contributed by atoms with van der Waals surface area (Å²) in [7, 11) is 1.60. The first kappa shape index (κ1) is 13.4. The SMILES string of the molecule is COc1ccc(Br)c(C(=O)N2CCC(CN)C2)c1. The molecule has 0 radical (unpaired) electrons. The highest BCUT2D eigenvalue weighted by molar-refractivity contribution is 9.10. The van der Waals surface area contributed by atoms with E-state index in [2.05, 4.69) is 15.9 Å². The van der Waals surface area contributed by atoms with Gasteiger partial charge in [0, 0.05) is 17.6 Å². The number of halogens is 1. The molecule has 1 aromatic carbocycles. The van der Waals surface area contributed by atoms with E-state index in [4.69, 9.17) is 10.5 Å². The van der Waals surface area contributed by atoms with Crippen LogP contribution in [0.5, 0.6) is 5.75 Å². The molecule has 1 aliphatic heterocycles. The summed E-state index contributed by atoms with van der Waals surface area (Å²) >= 11 is 3.41. The van der Waals surface area contributed by atoms with Gasteiger partial charge in [-0.05, 0) is 53.0 Å². The van der Waals surface area contributed by atoms with Gasteiger partial charge < -0.3 is 15.4 Å². The summed E-state index contributed by atoms with van der Waals surface area (Å²) in [4.78, 5) is 14.3. The molecule has 0 bridgehead atoms. The third-order valence-corrected chi connectivity index (χ3v) is 4.00. The number of methoxy groups -OCH3 is 1. The Labute approximate surface area is 115 Å². The lowest BCUT2D eigenvalue weighted by Gasteiger charge is -2.17. The number of amides is 1. The molecule has 0 aliphatic carbocycles. The van der Waals surface area contributed by atoms with Gasteiger partial charge in [0.25, 0.3) is 5.91 Å². The number of nitrogens with two attached hydrogens (primary N) is 1. The van der Waals surface area contributed by atoms with Gasteiger partial charge in [0.05, 0.1) is 12.7 Å². The number of nitrogens with zero attached hydrogens (tertiary/aromatic N) is 1. The molecular formula is C13H17BrN2O2. The first-order valence-corrected chi connectivity index (χ1v) is 6.78. The van der Waals surface area contributed by atoms with Crippen molar-refractivity contribution in [3.63, 3.8) is 0 Å². The van der Waals surface area contributed by atoms with E-state index in [1.54, 1.807) is 13.2 Å². The summed E-state index contributed by atoms with van der Waals surface area (Å²) in [6.07, 6.45) is 0.990. The molecule has 0 aromatic heterocycles.